The van der Waals surface area contributed by atoms with Crippen molar-refractivity contribution >= 4 is 17.5 Å². The van der Waals surface area contributed by atoms with Gasteiger partial charge in [0.2, 0.25) is 5.91 Å². The average Bonchev–Trinajstić information content (AvgIpc) is 2.85. The fourth-order valence-corrected chi connectivity index (χ4v) is 3.59. The van der Waals surface area contributed by atoms with Crippen molar-refractivity contribution in [2.24, 2.45) is 0 Å². The molecule has 1 heterocycles. The van der Waals surface area contributed by atoms with Gasteiger partial charge in [-0.1, -0.05) is 35.4 Å². The van der Waals surface area contributed by atoms with Crippen LogP contribution in [0.1, 0.15) is 41.6 Å². The van der Waals surface area contributed by atoms with Gasteiger partial charge < -0.3 is 15.0 Å². The predicted molar refractivity (Wildman–Crippen MR) is 106 cm³/mol. The molecule has 0 spiro atoms. The third kappa shape index (κ3) is 4.13. The second kappa shape index (κ2) is 7.82. The Morgan fingerprint density at radius 1 is 1.11 bits per heavy atom. The van der Waals surface area contributed by atoms with Crippen LogP contribution in [0.4, 0.5) is 5.69 Å². The first kappa shape index (κ1) is 19.0. The van der Waals surface area contributed by atoms with Crippen LogP contribution in [0.15, 0.2) is 36.4 Å². The van der Waals surface area contributed by atoms with Gasteiger partial charge in [0.1, 0.15) is 11.8 Å². The first-order valence-electron chi connectivity index (χ1n) is 9.26. The average molecular weight is 366 g/mol. The molecule has 3 rings (SSSR count). The molecule has 142 valence electrons. The normalized spacial score (nSPS) is 15.6. The van der Waals surface area contributed by atoms with E-state index in [-0.39, 0.29) is 11.8 Å². The number of carbonyl (C=O) groups is 2. The van der Waals surface area contributed by atoms with Crippen molar-refractivity contribution in [2.75, 3.05) is 18.1 Å². The number of rotatable bonds is 6. The highest BCUT2D eigenvalue weighted by Gasteiger charge is 2.38. The van der Waals surface area contributed by atoms with E-state index in [0.29, 0.717) is 19.6 Å². The fourth-order valence-electron chi connectivity index (χ4n) is 3.59. The van der Waals surface area contributed by atoms with Crippen LogP contribution < -0.4 is 15.0 Å². The molecule has 2 aromatic carbocycles. The van der Waals surface area contributed by atoms with Crippen molar-refractivity contribution < 1.29 is 14.3 Å². The van der Waals surface area contributed by atoms with Gasteiger partial charge in [0.15, 0.2) is 0 Å². The third-order valence-electron chi connectivity index (χ3n) is 4.73. The minimum absolute atomic E-state index is 0.0794. The Morgan fingerprint density at radius 3 is 2.48 bits per heavy atom. The van der Waals surface area contributed by atoms with E-state index in [1.807, 2.05) is 51.1 Å². The lowest BCUT2D eigenvalue weighted by Crippen LogP contribution is -2.37. The number of nitrogens with one attached hydrogen (secondary N) is 1. The van der Waals surface area contributed by atoms with Gasteiger partial charge in [-0.05, 0) is 44.9 Å². The van der Waals surface area contributed by atoms with E-state index in [1.54, 1.807) is 4.90 Å². The molecule has 1 N–H and O–H groups in total. The molecule has 0 aliphatic carbocycles. The molecule has 5 heteroatoms. The number of aryl methyl sites for hydroxylation is 3. The standard InChI is InChI=1S/C22H26N2O3/c1-14-6-8-18(9-7-14)27-11-5-10-24-21-16(3)12-15(2)13-19(21)20(22(24)26)23-17(4)25/h6-9,12-13,20H,5,10-11H2,1-4H3,(H,23,25)/t20-/m1/s1. The summed E-state index contributed by atoms with van der Waals surface area (Å²) in [6.07, 6.45) is 0.708. The monoisotopic (exact) mass is 366 g/mol. The van der Waals surface area contributed by atoms with Gasteiger partial charge >= 0.3 is 0 Å². The van der Waals surface area contributed by atoms with Gasteiger partial charge in [0, 0.05) is 19.0 Å². The largest absolute Gasteiger partial charge is 0.494 e. The molecule has 2 amide bonds. The maximum atomic E-state index is 12.9. The molecule has 27 heavy (non-hydrogen) atoms. The molecular formula is C22H26N2O3. The number of fused-ring (bicyclic) bond motifs is 1. The Morgan fingerprint density at radius 2 is 1.81 bits per heavy atom. The number of hydrogen-bond donors (Lipinski definition) is 1. The summed E-state index contributed by atoms with van der Waals surface area (Å²) >= 11 is 0. The number of ether oxygens (including phenoxy) is 1. The van der Waals surface area contributed by atoms with E-state index in [2.05, 4.69) is 11.4 Å². The Bertz CT molecular complexity index is 859. The van der Waals surface area contributed by atoms with Crippen LogP contribution >= 0.6 is 0 Å². The molecule has 1 aliphatic rings. The van der Waals surface area contributed by atoms with Crippen molar-refractivity contribution in [3.8, 4) is 5.75 Å². The minimum Gasteiger partial charge on any atom is -0.494 e. The summed E-state index contributed by atoms with van der Waals surface area (Å²) in [4.78, 5) is 26.3. The van der Waals surface area contributed by atoms with Crippen LogP contribution in [0.25, 0.3) is 0 Å². The second-order valence-corrected chi connectivity index (χ2v) is 7.16. The van der Waals surface area contributed by atoms with Crippen LogP contribution in [0.5, 0.6) is 5.75 Å². The number of hydrogen-bond acceptors (Lipinski definition) is 3. The van der Waals surface area contributed by atoms with Gasteiger partial charge in [-0.3, -0.25) is 9.59 Å². The number of nitrogens with zero attached hydrogens (tertiary/aromatic N) is 1. The summed E-state index contributed by atoms with van der Waals surface area (Å²) in [5, 5.41) is 2.79. The van der Waals surface area contributed by atoms with Gasteiger partial charge in [0.25, 0.3) is 5.91 Å². The summed E-state index contributed by atoms with van der Waals surface area (Å²) < 4.78 is 5.78. The topological polar surface area (TPSA) is 58.6 Å². The van der Waals surface area contributed by atoms with Crippen LogP contribution in [-0.2, 0) is 9.59 Å². The van der Waals surface area contributed by atoms with Crippen LogP contribution in [0, 0.1) is 20.8 Å². The lowest BCUT2D eigenvalue weighted by atomic mass is 10.0. The number of benzene rings is 2. The lowest BCUT2D eigenvalue weighted by molar-refractivity contribution is -0.126. The molecule has 0 bridgehead atoms. The Hall–Kier alpha value is -2.82. The van der Waals surface area contributed by atoms with Crippen molar-refractivity contribution in [1.82, 2.24) is 5.32 Å². The lowest BCUT2D eigenvalue weighted by Gasteiger charge is -2.20. The van der Waals surface area contributed by atoms with Gasteiger partial charge in [-0.2, -0.15) is 0 Å². The minimum atomic E-state index is -0.603. The molecular weight excluding hydrogens is 340 g/mol. The fraction of sp³-hybridized carbons (Fsp3) is 0.364. The molecule has 0 radical (unpaired) electrons. The Kier molecular flexibility index (Phi) is 5.49. The molecule has 0 fully saturated rings. The van der Waals surface area contributed by atoms with E-state index in [1.165, 1.54) is 12.5 Å². The molecule has 2 aromatic rings. The van der Waals surface area contributed by atoms with Crippen molar-refractivity contribution in [2.45, 2.75) is 40.2 Å². The van der Waals surface area contributed by atoms with Crippen molar-refractivity contribution in [1.29, 1.82) is 0 Å². The predicted octanol–water partition coefficient (Wildman–Crippen LogP) is 3.60. The SMILES string of the molecule is CC(=O)N[C@H]1C(=O)N(CCCOc2ccc(C)cc2)c2c(C)cc(C)cc21. The second-order valence-electron chi connectivity index (χ2n) is 7.16. The van der Waals surface area contributed by atoms with E-state index in [4.69, 9.17) is 4.74 Å². The molecule has 0 aromatic heterocycles. The summed E-state index contributed by atoms with van der Waals surface area (Å²) in [7, 11) is 0. The Balaban J connectivity index is 1.71. The van der Waals surface area contributed by atoms with Crippen molar-refractivity contribution in [3.05, 3.63) is 58.7 Å². The van der Waals surface area contributed by atoms with Gasteiger partial charge in [-0.15, -0.1) is 0 Å². The van der Waals surface area contributed by atoms with E-state index < -0.39 is 6.04 Å². The number of anilines is 1. The quantitative estimate of drug-likeness (QED) is 0.795. The smallest absolute Gasteiger partial charge is 0.254 e. The van der Waals surface area contributed by atoms with Crippen LogP contribution in [0.2, 0.25) is 0 Å². The summed E-state index contributed by atoms with van der Waals surface area (Å²) in [6.45, 7) is 8.56. The van der Waals surface area contributed by atoms with Gasteiger partial charge in [-0.25, -0.2) is 0 Å². The number of amides is 2. The zero-order valence-electron chi connectivity index (χ0n) is 16.3. The molecule has 0 unspecified atom stereocenters. The first-order chi connectivity index (χ1) is 12.9. The Labute approximate surface area is 160 Å². The first-order valence-corrected chi connectivity index (χ1v) is 9.26. The zero-order chi connectivity index (χ0) is 19.6. The highest BCUT2D eigenvalue weighted by molar-refractivity contribution is 6.06. The maximum Gasteiger partial charge on any atom is 0.254 e. The third-order valence-corrected chi connectivity index (χ3v) is 4.73. The van der Waals surface area contributed by atoms with E-state index >= 15 is 0 Å². The molecule has 0 saturated heterocycles. The maximum absolute atomic E-state index is 12.9. The van der Waals surface area contributed by atoms with Crippen molar-refractivity contribution in [3.63, 3.8) is 0 Å². The van der Waals surface area contributed by atoms with E-state index in [9.17, 15) is 9.59 Å². The molecule has 5 nitrogen and oxygen atoms in total. The summed E-state index contributed by atoms with van der Waals surface area (Å²) in [5.74, 6) is 0.545. The van der Waals surface area contributed by atoms with Crippen LogP contribution in [-0.4, -0.2) is 25.0 Å². The van der Waals surface area contributed by atoms with Gasteiger partial charge in [0.05, 0.1) is 12.3 Å². The van der Waals surface area contributed by atoms with E-state index in [0.717, 1.165) is 28.1 Å². The van der Waals surface area contributed by atoms with Crippen LogP contribution in [0.3, 0.4) is 0 Å². The molecule has 1 aliphatic heterocycles. The molecule has 0 saturated carbocycles. The highest BCUT2D eigenvalue weighted by Crippen LogP contribution is 2.39. The number of carbonyl (C=O) groups excluding carboxylic acids is 2. The zero-order valence-corrected chi connectivity index (χ0v) is 16.3. The summed E-state index contributed by atoms with van der Waals surface area (Å²) in [5.41, 5.74) is 5.12. The molecule has 1 atom stereocenters. The summed E-state index contributed by atoms with van der Waals surface area (Å²) in [6, 6.07) is 11.4. The highest BCUT2D eigenvalue weighted by atomic mass is 16.5.